The molecule has 1 fully saturated rings. The Hall–Kier alpha value is -1.79. The number of nitrogens with zero attached hydrogens (tertiary/aromatic N) is 2. The topological polar surface area (TPSA) is 56.8 Å². The van der Waals surface area contributed by atoms with E-state index in [1.54, 1.807) is 0 Å². The number of aryl methyl sites for hydroxylation is 1. The molecule has 1 heterocycles. The van der Waals surface area contributed by atoms with Gasteiger partial charge in [0.25, 0.3) is 0 Å². The van der Waals surface area contributed by atoms with E-state index in [0.29, 0.717) is 19.1 Å². The van der Waals surface area contributed by atoms with Gasteiger partial charge in [0.2, 0.25) is 0 Å². The number of likely N-dealkylation sites (N-methyl/N-ethyl adjacent to an activating group) is 1. The zero-order chi connectivity index (χ0) is 18.2. The Morgan fingerprint density at radius 3 is 2.68 bits per heavy atom. The van der Waals surface area contributed by atoms with Crippen molar-refractivity contribution in [3.05, 3.63) is 23.8 Å². The average Bonchev–Trinajstić information content (AvgIpc) is 2.58. The van der Waals surface area contributed by atoms with E-state index in [9.17, 15) is 4.79 Å². The summed E-state index contributed by atoms with van der Waals surface area (Å²) in [5.74, 6) is 1.23. The summed E-state index contributed by atoms with van der Waals surface area (Å²) in [5.41, 5.74) is 1.81. The molecule has 1 aromatic carbocycles. The van der Waals surface area contributed by atoms with E-state index in [0.717, 1.165) is 49.7 Å². The number of benzene rings is 1. The fourth-order valence-electron chi connectivity index (χ4n) is 2.97. The van der Waals surface area contributed by atoms with Crippen LogP contribution in [0.1, 0.15) is 19.4 Å². The van der Waals surface area contributed by atoms with Crippen molar-refractivity contribution in [1.29, 1.82) is 0 Å². The molecule has 6 heteroatoms. The van der Waals surface area contributed by atoms with Crippen molar-refractivity contribution in [2.24, 2.45) is 5.92 Å². The minimum Gasteiger partial charge on any atom is -0.494 e. The van der Waals surface area contributed by atoms with Gasteiger partial charge in [-0.15, -0.1) is 0 Å². The number of carbonyl (C=O) groups excluding carboxylic acids is 1. The molecule has 1 aliphatic heterocycles. The van der Waals surface area contributed by atoms with Crippen molar-refractivity contribution in [1.82, 2.24) is 15.1 Å². The van der Waals surface area contributed by atoms with Crippen LogP contribution in [0, 0.1) is 12.8 Å². The molecular weight excluding hydrogens is 316 g/mol. The second kappa shape index (κ2) is 9.63. The van der Waals surface area contributed by atoms with Crippen LogP contribution in [0.3, 0.4) is 0 Å². The van der Waals surface area contributed by atoms with E-state index in [1.807, 2.05) is 32.0 Å². The molecule has 1 atom stereocenters. The first-order valence-corrected chi connectivity index (χ1v) is 9.17. The Morgan fingerprint density at radius 2 is 2.00 bits per heavy atom. The first-order valence-electron chi connectivity index (χ1n) is 9.17. The first kappa shape index (κ1) is 19.5. The number of urea groups is 1. The molecule has 0 saturated carbocycles. The highest BCUT2D eigenvalue weighted by Gasteiger charge is 2.16. The van der Waals surface area contributed by atoms with Gasteiger partial charge < -0.3 is 25.2 Å². The maximum absolute atomic E-state index is 12.1. The summed E-state index contributed by atoms with van der Waals surface area (Å²) in [4.78, 5) is 16.9. The van der Waals surface area contributed by atoms with Gasteiger partial charge in [-0.2, -0.15) is 0 Å². The Morgan fingerprint density at radius 1 is 1.28 bits per heavy atom. The predicted molar refractivity (Wildman–Crippen MR) is 102 cm³/mol. The lowest BCUT2D eigenvalue weighted by atomic mass is 10.1. The molecule has 0 aromatic heterocycles. The monoisotopic (exact) mass is 348 g/mol. The molecule has 0 spiro atoms. The van der Waals surface area contributed by atoms with Gasteiger partial charge in [0.15, 0.2) is 0 Å². The third kappa shape index (κ3) is 6.55. The van der Waals surface area contributed by atoms with Crippen molar-refractivity contribution in [2.75, 3.05) is 58.2 Å². The molecule has 25 heavy (non-hydrogen) atoms. The van der Waals surface area contributed by atoms with Crippen LogP contribution in [0.4, 0.5) is 10.5 Å². The van der Waals surface area contributed by atoms with E-state index in [1.165, 1.54) is 0 Å². The van der Waals surface area contributed by atoms with Crippen molar-refractivity contribution in [3.63, 3.8) is 0 Å². The van der Waals surface area contributed by atoms with Crippen LogP contribution in [0.25, 0.3) is 0 Å². The number of carbonyl (C=O) groups is 1. The maximum Gasteiger partial charge on any atom is 0.319 e. The number of rotatable bonds is 7. The summed E-state index contributed by atoms with van der Waals surface area (Å²) in [6.07, 6.45) is 0. The third-order valence-electron chi connectivity index (χ3n) is 4.52. The lowest BCUT2D eigenvalue weighted by molar-refractivity contribution is 0.138. The van der Waals surface area contributed by atoms with Crippen LogP contribution in [0.5, 0.6) is 5.75 Å². The van der Waals surface area contributed by atoms with Crippen LogP contribution in [0.15, 0.2) is 18.2 Å². The van der Waals surface area contributed by atoms with E-state index in [-0.39, 0.29) is 6.03 Å². The van der Waals surface area contributed by atoms with Crippen LogP contribution in [-0.4, -0.2) is 68.8 Å². The van der Waals surface area contributed by atoms with E-state index in [4.69, 9.17) is 4.74 Å². The fraction of sp³-hybridized carbons (Fsp3) is 0.632. The second-order valence-corrected chi connectivity index (χ2v) is 6.96. The van der Waals surface area contributed by atoms with E-state index < -0.39 is 0 Å². The molecule has 1 aliphatic rings. The number of anilines is 1. The Balaban J connectivity index is 1.73. The Labute approximate surface area is 151 Å². The third-order valence-corrected chi connectivity index (χ3v) is 4.52. The first-order chi connectivity index (χ1) is 12.0. The molecule has 2 rings (SSSR count). The number of ether oxygens (including phenoxy) is 1. The van der Waals surface area contributed by atoms with Crippen LogP contribution in [-0.2, 0) is 0 Å². The van der Waals surface area contributed by atoms with Gasteiger partial charge in [0.1, 0.15) is 5.75 Å². The number of piperazine rings is 1. The SMILES string of the molecule is CCOc1cc(NC(=O)NCC(C)CN2CCN(C)CC2)ccc1C. The average molecular weight is 348 g/mol. The molecule has 1 aromatic rings. The second-order valence-electron chi connectivity index (χ2n) is 6.96. The van der Waals surface area contributed by atoms with Gasteiger partial charge in [-0.1, -0.05) is 13.0 Å². The minimum atomic E-state index is -0.170. The van der Waals surface area contributed by atoms with Crippen LogP contribution < -0.4 is 15.4 Å². The largest absolute Gasteiger partial charge is 0.494 e. The van der Waals surface area contributed by atoms with Crippen molar-refractivity contribution in [3.8, 4) is 5.75 Å². The van der Waals surface area contributed by atoms with Gasteiger partial charge in [0.05, 0.1) is 6.61 Å². The number of hydrogen-bond donors (Lipinski definition) is 2. The molecule has 0 bridgehead atoms. The molecular formula is C19H32N4O2. The van der Waals surface area contributed by atoms with Crippen molar-refractivity contribution < 1.29 is 9.53 Å². The summed E-state index contributed by atoms with van der Waals surface area (Å²) in [6, 6.07) is 5.55. The predicted octanol–water partition coefficient (Wildman–Crippen LogP) is 2.40. The van der Waals surface area contributed by atoms with Crippen LogP contribution >= 0.6 is 0 Å². The molecule has 2 N–H and O–H groups in total. The highest BCUT2D eigenvalue weighted by atomic mass is 16.5. The van der Waals surface area contributed by atoms with Gasteiger partial charge >= 0.3 is 6.03 Å². The summed E-state index contributed by atoms with van der Waals surface area (Å²) in [6.45, 7) is 12.9. The van der Waals surface area contributed by atoms with Gasteiger partial charge in [-0.3, -0.25) is 0 Å². The minimum absolute atomic E-state index is 0.170. The van der Waals surface area contributed by atoms with Crippen molar-refractivity contribution in [2.45, 2.75) is 20.8 Å². The molecule has 1 unspecified atom stereocenters. The van der Waals surface area contributed by atoms with Gasteiger partial charge in [-0.05, 0) is 38.4 Å². The van der Waals surface area contributed by atoms with E-state index in [2.05, 4.69) is 34.4 Å². The Kier molecular flexibility index (Phi) is 7.52. The van der Waals surface area contributed by atoms with Gasteiger partial charge in [-0.25, -0.2) is 4.79 Å². The molecule has 2 amide bonds. The summed E-state index contributed by atoms with van der Waals surface area (Å²) in [5, 5.41) is 5.85. The highest BCUT2D eigenvalue weighted by Crippen LogP contribution is 2.22. The summed E-state index contributed by atoms with van der Waals surface area (Å²) >= 11 is 0. The molecule has 140 valence electrons. The fourth-order valence-corrected chi connectivity index (χ4v) is 2.97. The highest BCUT2D eigenvalue weighted by molar-refractivity contribution is 5.89. The van der Waals surface area contributed by atoms with Gasteiger partial charge in [0, 0.05) is 51.0 Å². The standard InChI is InChI=1S/C19H32N4O2/c1-5-25-18-12-17(7-6-16(18)3)21-19(24)20-13-15(2)14-23-10-8-22(4)9-11-23/h6-7,12,15H,5,8-11,13-14H2,1-4H3,(H2,20,21,24). The summed E-state index contributed by atoms with van der Waals surface area (Å²) in [7, 11) is 2.16. The smallest absolute Gasteiger partial charge is 0.319 e. The van der Waals surface area contributed by atoms with Crippen LogP contribution in [0.2, 0.25) is 0 Å². The van der Waals surface area contributed by atoms with Crippen molar-refractivity contribution >= 4 is 11.7 Å². The molecule has 6 nitrogen and oxygen atoms in total. The Bertz CT molecular complexity index is 556. The number of hydrogen-bond acceptors (Lipinski definition) is 4. The van der Waals surface area contributed by atoms with E-state index >= 15 is 0 Å². The summed E-state index contributed by atoms with van der Waals surface area (Å²) < 4.78 is 5.57. The molecule has 0 radical (unpaired) electrons. The zero-order valence-corrected chi connectivity index (χ0v) is 16.0. The number of nitrogens with one attached hydrogen (secondary N) is 2. The lowest BCUT2D eigenvalue weighted by Crippen LogP contribution is -2.47. The molecule has 1 saturated heterocycles. The quantitative estimate of drug-likeness (QED) is 0.794. The zero-order valence-electron chi connectivity index (χ0n) is 16.0. The normalized spacial score (nSPS) is 17.1. The lowest BCUT2D eigenvalue weighted by Gasteiger charge is -2.33. The molecule has 0 aliphatic carbocycles. The number of amides is 2. The maximum atomic E-state index is 12.1.